The fraction of sp³-hybridized carbons (Fsp3) is 0.273. The van der Waals surface area contributed by atoms with Crippen molar-refractivity contribution in [2.75, 3.05) is 11.9 Å². The highest BCUT2D eigenvalue weighted by Crippen LogP contribution is 2.38. The molecule has 0 saturated heterocycles. The molecule has 0 saturated carbocycles. The molecule has 0 fully saturated rings. The Morgan fingerprint density at radius 1 is 1.31 bits per heavy atom. The number of nitrogens with one attached hydrogen (secondary N) is 2. The van der Waals surface area contributed by atoms with Crippen molar-refractivity contribution in [1.29, 1.82) is 0 Å². The van der Waals surface area contributed by atoms with E-state index in [1.807, 2.05) is 18.2 Å². The van der Waals surface area contributed by atoms with Crippen molar-refractivity contribution in [2.24, 2.45) is 0 Å². The number of thiophene rings is 1. The second-order valence-electron chi connectivity index (χ2n) is 7.40. The SMILES string of the molecule is CC#CC(=O)N1CCc2c(sc3ncnc(NC(Cc4nn[nH]n4)c4ccccc4)c23)C1. The number of aromatic nitrogens is 6. The van der Waals surface area contributed by atoms with Gasteiger partial charge in [0.15, 0.2) is 5.82 Å². The van der Waals surface area contributed by atoms with Crippen LogP contribution in [0.3, 0.4) is 0 Å². The number of hydrogen-bond donors (Lipinski definition) is 2. The summed E-state index contributed by atoms with van der Waals surface area (Å²) in [6.45, 7) is 2.86. The molecule has 0 radical (unpaired) electrons. The maximum absolute atomic E-state index is 12.2. The second-order valence-corrected chi connectivity index (χ2v) is 8.48. The smallest absolute Gasteiger partial charge is 0.298 e. The van der Waals surface area contributed by atoms with Gasteiger partial charge in [-0.05, 0) is 30.4 Å². The van der Waals surface area contributed by atoms with Gasteiger partial charge < -0.3 is 10.2 Å². The Bertz CT molecular complexity index is 1310. The molecule has 0 bridgehead atoms. The molecular weight excluding hydrogens is 424 g/mol. The molecule has 3 aromatic heterocycles. The molecule has 160 valence electrons. The van der Waals surface area contributed by atoms with Crippen LogP contribution in [0.4, 0.5) is 5.82 Å². The molecule has 32 heavy (non-hydrogen) atoms. The molecular formula is C22H20N8OS. The molecule has 1 aliphatic rings. The van der Waals surface area contributed by atoms with Crippen molar-refractivity contribution >= 4 is 33.3 Å². The molecule has 0 spiro atoms. The highest BCUT2D eigenvalue weighted by atomic mass is 32.1. The van der Waals surface area contributed by atoms with Gasteiger partial charge in [0.05, 0.1) is 18.0 Å². The monoisotopic (exact) mass is 444 g/mol. The molecule has 1 amide bonds. The average Bonchev–Trinajstić information content (AvgIpc) is 3.46. The van der Waals surface area contributed by atoms with Crippen LogP contribution in [0.15, 0.2) is 36.7 Å². The summed E-state index contributed by atoms with van der Waals surface area (Å²) in [5.41, 5.74) is 2.30. The van der Waals surface area contributed by atoms with Gasteiger partial charge in [-0.25, -0.2) is 9.97 Å². The number of hydrogen-bond acceptors (Lipinski definition) is 8. The number of carbonyl (C=O) groups excluding carboxylic acids is 1. The van der Waals surface area contributed by atoms with E-state index in [9.17, 15) is 4.79 Å². The summed E-state index contributed by atoms with van der Waals surface area (Å²) < 4.78 is 0. The Morgan fingerprint density at radius 3 is 2.97 bits per heavy atom. The molecule has 4 aromatic rings. The number of amides is 1. The molecule has 5 rings (SSSR count). The quantitative estimate of drug-likeness (QED) is 0.455. The Hall–Kier alpha value is -3.84. The first kappa shape index (κ1) is 20.1. The number of carbonyl (C=O) groups is 1. The van der Waals surface area contributed by atoms with Crippen LogP contribution in [0.1, 0.15) is 34.8 Å². The number of rotatable bonds is 5. The molecule has 1 aromatic carbocycles. The van der Waals surface area contributed by atoms with Crippen LogP contribution < -0.4 is 5.32 Å². The minimum atomic E-state index is -0.135. The van der Waals surface area contributed by atoms with Gasteiger partial charge in [0.2, 0.25) is 0 Å². The second kappa shape index (κ2) is 8.72. The van der Waals surface area contributed by atoms with Crippen LogP contribution >= 0.6 is 11.3 Å². The Kier molecular flexibility index (Phi) is 5.47. The van der Waals surface area contributed by atoms with Crippen LogP contribution in [0.25, 0.3) is 10.2 Å². The van der Waals surface area contributed by atoms with Gasteiger partial charge in [0.1, 0.15) is 17.0 Å². The van der Waals surface area contributed by atoms with E-state index in [0.717, 1.165) is 32.9 Å². The average molecular weight is 445 g/mol. The van der Waals surface area contributed by atoms with Gasteiger partial charge in [-0.3, -0.25) is 4.79 Å². The van der Waals surface area contributed by atoms with Crippen LogP contribution in [-0.2, 0) is 24.2 Å². The largest absolute Gasteiger partial charge is 0.362 e. The first-order valence-electron chi connectivity index (χ1n) is 10.2. The van der Waals surface area contributed by atoms with Crippen molar-refractivity contribution in [2.45, 2.75) is 32.4 Å². The number of benzene rings is 1. The molecule has 0 aliphatic carbocycles. The summed E-state index contributed by atoms with van der Waals surface area (Å²) >= 11 is 1.61. The summed E-state index contributed by atoms with van der Waals surface area (Å²) in [6, 6.07) is 10.0. The number of H-pyrrole nitrogens is 1. The molecule has 2 N–H and O–H groups in total. The first-order chi connectivity index (χ1) is 15.7. The Labute approximate surface area is 188 Å². The van der Waals surface area contributed by atoms with Crippen molar-refractivity contribution in [3.8, 4) is 11.8 Å². The molecule has 1 atom stereocenters. The summed E-state index contributed by atoms with van der Waals surface area (Å²) in [5.74, 6) is 6.59. The third-order valence-corrected chi connectivity index (χ3v) is 6.57. The lowest BCUT2D eigenvalue weighted by Crippen LogP contribution is -2.34. The summed E-state index contributed by atoms with van der Waals surface area (Å²) in [5, 5.41) is 19.1. The van der Waals surface area contributed by atoms with Gasteiger partial charge in [0.25, 0.3) is 5.91 Å². The maximum Gasteiger partial charge on any atom is 0.298 e. The van der Waals surface area contributed by atoms with Gasteiger partial charge >= 0.3 is 0 Å². The zero-order valence-electron chi connectivity index (χ0n) is 17.4. The Balaban J connectivity index is 1.50. The molecule has 9 nitrogen and oxygen atoms in total. The van der Waals surface area contributed by atoms with Gasteiger partial charge in [-0.1, -0.05) is 41.5 Å². The fourth-order valence-corrected chi connectivity index (χ4v) is 5.15. The van der Waals surface area contributed by atoms with Crippen LogP contribution in [0.5, 0.6) is 0 Å². The lowest BCUT2D eigenvalue weighted by atomic mass is 10.0. The zero-order chi connectivity index (χ0) is 21.9. The zero-order valence-corrected chi connectivity index (χ0v) is 18.2. The van der Waals surface area contributed by atoms with E-state index in [1.54, 1.807) is 29.5 Å². The van der Waals surface area contributed by atoms with E-state index in [1.165, 1.54) is 5.56 Å². The highest BCUT2D eigenvalue weighted by Gasteiger charge is 2.26. The summed E-state index contributed by atoms with van der Waals surface area (Å²) in [6.07, 6.45) is 2.88. The first-order valence-corrected chi connectivity index (χ1v) is 11.0. The van der Waals surface area contributed by atoms with Crippen LogP contribution in [0, 0.1) is 11.8 Å². The predicted molar refractivity (Wildman–Crippen MR) is 121 cm³/mol. The lowest BCUT2D eigenvalue weighted by Gasteiger charge is -2.25. The van der Waals surface area contributed by atoms with E-state index in [4.69, 9.17) is 0 Å². The summed E-state index contributed by atoms with van der Waals surface area (Å²) in [7, 11) is 0. The highest BCUT2D eigenvalue weighted by molar-refractivity contribution is 7.19. The molecule has 10 heteroatoms. The third-order valence-electron chi connectivity index (χ3n) is 5.44. The molecule has 4 heterocycles. The number of nitrogens with zero attached hydrogens (tertiary/aromatic N) is 6. The maximum atomic E-state index is 12.2. The van der Waals surface area contributed by atoms with Gasteiger partial charge in [-0.15, -0.1) is 21.5 Å². The topological polar surface area (TPSA) is 113 Å². The number of tetrazole rings is 1. The number of fused-ring (bicyclic) bond motifs is 3. The normalized spacial score (nSPS) is 13.8. The minimum absolute atomic E-state index is 0.0936. The summed E-state index contributed by atoms with van der Waals surface area (Å²) in [4.78, 5) is 25.2. The van der Waals surface area contributed by atoms with Crippen molar-refractivity contribution in [3.63, 3.8) is 0 Å². The number of aromatic amines is 1. The predicted octanol–water partition coefficient (Wildman–Crippen LogP) is 2.51. The van der Waals surface area contributed by atoms with Crippen LogP contribution in [-0.4, -0.2) is 47.9 Å². The Morgan fingerprint density at radius 2 is 2.19 bits per heavy atom. The van der Waals surface area contributed by atoms with Crippen molar-refractivity contribution in [3.05, 3.63) is 58.5 Å². The molecule has 1 unspecified atom stereocenters. The third kappa shape index (κ3) is 3.90. The standard InChI is InChI=1S/C22H20N8OS/c1-2-6-19(31)30-10-9-15-17(12-30)32-22-20(15)21(23-13-24-22)25-16(11-18-26-28-29-27-18)14-7-4-3-5-8-14/h3-5,7-8,13,16H,9-12H2,1H3,(H,23,24,25)(H,26,27,28,29). The minimum Gasteiger partial charge on any atom is -0.362 e. The van der Waals surface area contributed by atoms with Crippen molar-refractivity contribution in [1.82, 2.24) is 35.5 Å². The van der Waals surface area contributed by atoms with E-state index >= 15 is 0 Å². The molecule has 1 aliphatic heterocycles. The van der Waals surface area contributed by atoms with Gasteiger partial charge in [-0.2, -0.15) is 5.21 Å². The van der Waals surface area contributed by atoms with E-state index < -0.39 is 0 Å². The fourth-order valence-electron chi connectivity index (χ4n) is 3.95. The van der Waals surface area contributed by atoms with E-state index in [2.05, 4.69) is 59.9 Å². The van der Waals surface area contributed by atoms with E-state index in [0.29, 0.717) is 25.3 Å². The number of anilines is 1. The van der Waals surface area contributed by atoms with E-state index in [-0.39, 0.29) is 11.9 Å². The van der Waals surface area contributed by atoms with Crippen LogP contribution in [0.2, 0.25) is 0 Å². The lowest BCUT2D eigenvalue weighted by molar-refractivity contribution is -0.125. The van der Waals surface area contributed by atoms with Gasteiger partial charge in [0, 0.05) is 17.8 Å². The van der Waals surface area contributed by atoms with Crippen molar-refractivity contribution < 1.29 is 4.79 Å².